The van der Waals surface area contributed by atoms with Gasteiger partial charge in [0.1, 0.15) is 17.4 Å². The van der Waals surface area contributed by atoms with Crippen LogP contribution in [0, 0.1) is 5.92 Å². The number of hydrogen-bond acceptors (Lipinski definition) is 4. The summed E-state index contributed by atoms with van der Waals surface area (Å²) in [5.41, 5.74) is 1.56. The number of carbonyl (C=O) groups excluding carboxylic acids is 2. The fraction of sp³-hybridized carbons (Fsp3) is 0.222. The van der Waals surface area contributed by atoms with E-state index in [4.69, 9.17) is 9.47 Å². The van der Waals surface area contributed by atoms with E-state index < -0.39 is 17.8 Å². The topological polar surface area (TPSA) is 52.6 Å². The summed E-state index contributed by atoms with van der Waals surface area (Å²) < 4.78 is 10.6. The van der Waals surface area contributed by atoms with Crippen molar-refractivity contribution in [2.24, 2.45) is 5.92 Å². The number of benzene rings is 2. The second kappa shape index (κ2) is 5.64. The number of methoxy groups -OCH3 is 1. The number of hydrogen-bond donors (Lipinski definition) is 0. The van der Waals surface area contributed by atoms with E-state index in [9.17, 15) is 9.59 Å². The highest BCUT2D eigenvalue weighted by Crippen LogP contribution is 2.45. The largest absolute Gasteiger partial charge is 0.468 e. The van der Waals surface area contributed by atoms with Crippen LogP contribution in [-0.4, -0.2) is 18.9 Å². The molecule has 1 unspecified atom stereocenters. The van der Waals surface area contributed by atoms with E-state index >= 15 is 0 Å². The van der Waals surface area contributed by atoms with Crippen molar-refractivity contribution < 1.29 is 19.1 Å². The van der Waals surface area contributed by atoms with Gasteiger partial charge in [0.2, 0.25) is 0 Å². The minimum Gasteiger partial charge on any atom is -0.468 e. The molecule has 0 aliphatic carbocycles. The van der Waals surface area contributed by atoms with Gasteiger partial charge in [-0.3, -0.25) is 9.59 Å². The predicted molar refractivity (Wildman–Crippen MR) is 81.0 cm³/mol. The van der Waals surface area contributed by atoms with Gasteiger partial charge in [-0.05, 0) is 19.1 Å². The average Bonchev–Trinajstić information content (AvgIpc) is 2.57. The zero-order valence-corrected chi connectivity index (χ0v) is 12.4. The molecule has 0 bridgehead atoms. The molecule has 3 rings (SSSR count). The molecule has 0 N–H and O–H groups in total. The lowest BCUT2D eigenvalue weighted by Crippen LogP contribution is -2.29. The summed E-state index contributed by atoms with van der Waals surface area (Å²) >= 11 is 0. The lowest BCUT2D eigenvalue weighted by molar-refractivity contribution is -0.148. The van der Waals surface area contributed by atoms with E-state index in [2.05, 4.69) is 0 Å². The van der Waals surface area contributed by atoms with Crippen molar-refractivity contribution in [3.63, 3.8) is 0 Å². The monoisotopic (exact) mass is 296 g/mol. The van der Waals surface area contributed by atoms with Crippen molar-refractivity contribution in [3.05, 3.63) is 59.7 Å². The molecule has 112 valence electrons. The highest BCUT2D eigenvalue weighted by molar-refractivity contribution is 6.04. The van der Waals surface area contributed by atoms with Gasteiger partial charge in [-0.15, -0.1) is 0 Å². The Labute approximate surface area is 128 Å². The quantitative estimate of drug-likeness (QED) is 0.644. The zero-order valence-electron chi connectivity index (χ0n) is 12.4. The van der Waals surface area contributed by atoms with Crippen LogP contribution < -0.4 is 4.74 Å². The van der Waals surface area contributed by atoms with Crippen molar-refractivity contribution in [2.45, 2.75) is 12.8 Å². The van der Waals surface area contributed by atoms with Crippen LogP contribution >= 0.6 is 0 Å². The fourth-order valence-corrected chi connectivity index (χ4v) is 2.76. The molecule has 22 heavy (non-hydrogen) atoms. The maximum absolute atomic E-state index is 12.9. The maximum atomic E-state index is 12.9. The first kappa shape index (κ1) is 14.3. The lowest BCUT2D eigenvalue weighted by atomic mass is 9.81. The van der Waals surface area contributed by atoms with Crippen LogP contribution in [0.2, 0.25) is 0 Å². The number of fused-ring (bicyclic) bond motifs is 2. The minimum absolute atomic E-state index is 0.185. The SMILES string of the molecule is COC(=O)C(C)C(=O)C1c2ccccc2Oc2ccccc21. The number of Topliss-reactive ketones (excluding diaryl/α,β-unsaturated/α-hetero) is 1. The Kier molecular flexibility index (Phi) is 3.67. The van der Waals surface area contributed by atoms with Crippen LogP contribution in [0.1, 0.15) is 24.0 Å². The normalized spacial score (nSPS) is 14.3. The molecule has 0 saturated heterocycles. The van der Waals surface area contributed by atoms with E-state index in [0.717, 1.165) is 11.1 Å². The molecule has 2 aromatic carbocycles. The molecule has 0 spiro atoms. The molecule has 0 saturated carbocycles. The van der Waals surface area contributed by atoms with Gasteiger partial charge in [0, 0.05) is 11.1 Å². The molecular weight excluding hydrogens is 280 g/mol. The van der Waals surface area contributed by atoms with E-state index in [1.165, 1.54) is 7.11 Å². The fourth-order valence-electron chi connectivity index (χ4n) is 2.76. The number of para-hydroxylation sites is 2. The Balaban J connectivity index is 2.10. The Bertz CT molecular complexity index is 690. The standard InChI is InChI=1S/C18H16O4/c1-11(18(20)21-2)17(19)16-12-7-3-5-9-14(12)22-15-10-6-4-8-13(15)16/h3-11,16H,1-2H3. The maximum Gasteiger partial charge on any atom is 0.315 e. The molecule has 0 radical (unpaired) electrons. The smallest absolute Gasteiger partial charge is 0.315 e. The molecular formula is C18H16O4. The van der Waals surface area contributed by atoms with Crippen molar-refractivity contribution in [1.29, 1.82) is 0 Å². The van der Waals surface area contributed by atoms with E-state index in [1.54, 1.807) is 6.92 Å². The number of ketones is 1. The van der Waals surface area contributed by atoms with Crippen molar-refractivity contribution in [2.75, 3.05) is 7.11 Å². The van der Waals surface area contributed by atoms with E-state index in [-0.39, 0.29) is 5.78 Å². The van der Waals surface area contributed by atoms with E-state index in [0.29, 0.717) is 11.5 Å². The first-order valence-corrected chi connectivity index (χ1v) is 7.10. The van der Waals surface area contributed by atoms with Crippen LogP contribution in [0.3, 0.4) is 0 Å². The molecule has 0 fully saturated rings. The molecule has 2 aromatic rings. The van der Waals surface area contributed by atoms with Gasteiger partial charge in [0.25, 0.3) is 0 Å². The zero-order chi connectivity index (χ0) is 15.7. The van der Waals surface area contributed by atoms with Gasteiger partial charge in [0.05, 0.1) is 13.0 Å². The lowest BCUT2D eigenvalue weighted by Gasteiger charge is -2.28. The Morgan fingerprint density at radius 3 is 2.00 bits per heavy atom. The van der Waals surface area contributed by atoms with Gasteiger partial charge >= 0.3 is 5.97 Å². The van der Waals surface area contributed by atoms with E-state index in [1.807, 2.05) is 48.5 Å². The number of ether oxygens (including phenoxy) is 2. The summed E-state index contributed by atoms with van der Waals surface area (Å²) in [7, 11) is 1.29. The van der Waals surface area contributed by atoms with Crippen LogP contribution in [0.25, 0.3) is 0 Å². The first-order chi connectivity index (χ1) is 10.6. The number of rotatable bonds is 3. The van der Waals surface area contributed by atoms with Gasteiger partial charge in [-0.1, -0.05) is 36.4 Å². The van der Waals surface area contributed by atoms with Crippen LogP contribution in [-0.2, 0) is 14.3 Å². The van der Waals surface area contributed by atoms with Crippen molar-refractivity contribution >= 4 is 11.8 Å². The molecule has 1 heterocycles. The third-order valence-corrected chi connectivity index (χ3v) is 3.95. The third-order valence-electron chi connectivity index (χ3n) is 3.95. The molecule has 1 atom stereocenters. The van der Waals surface area contributed by atoms with Gasteiger partial charge in [-0.2, -0.15) is 0 Å². The summed E-state index contributed by atoms with van der Waals surface area (Å²) in [6.07, 6.45) is 0. The van der Waals surface area contributed by atoms with Crippen LogP contribution in [0.15, 0.2) is 48.5 Å². The van der Waals surface area contributed by atoms with Crippen molar-refractivity contribution in [3.8, 4) is 11.5 Å². The molecule has 0 amide bonds. The molecule has 1 aliphatic rings. The first-order valence-electron chi connectivity index (χ1n) is 7.10. The molecule has 4 nitrogen and oxygen atoms in total. The van der Waals surface area contributed by atoms with Crippen molar-refractivity contribution in [1.82, 2.24) is 0 Å². The second-order valence-electron chi connectivity index (χ2n) is 5.26. The summed E-state index contributed by atoms with van der Waals surface area (Å²) in [5.74, 6) is -0.751. The second-order valence-corrected chi connectivity index (χ2v) is 5.26. The summed E-state index contributed by atoms with van der Waals surface area (Å²) in [4.78, 5) is 24.6. The predicted octanol–water partition coefficient (Wildman–Crippen LogP) is 3.30. The highest BCUT2D eigenvalue weighted by atomic mass is 16.5. The Hall–Kier alpha value is -2.62. The molecule has 0 aromatic heterocycles. The number of esters is 1. The minimum atomic E-state index is -0.825. The Morgan fingerprint density at radius 1 is 1.00 bits per heavy atom. The summed E-state index contributed by atoms with van der Waals surface area (Å²) in [5, 5.41) is 0. The van der Waals surface area contributed by atoms with Crippen LogP contribution in [0.5, 0.6) is 11.5 Å². The summed E-state index contributed by atoms with van der Waals surface area (Å²) in [6.45, 7) is 1.58. The van der Waals surface area contributed by atoms with Gasteiger partial charge in [-0.25, -0.2) is 0 Å². The number of carbonyl (C=O) groups is 2. The average molecular weight is 296 g/mol. The Morgan fingerprint density at radius 2 is 1.50 bits per heavy atom. The molecule has 1 aliphatic heterocycles. The van der Waals surface area contributed by atoms with Gasteiger partial charge < -0.3 is 9.47 Å². The molecule has 4 heteroatoms. The van der Waals surface area contributed by atoms with Gasteiger partial charge in [0.15, 0.2) is 5.78 Å². The summed E-state index contributed by atoms with van der Waals surface area (Å²) in [6, 6.07) is 14.8. The van der Waals surface area contributed by atoms with Crippen LogP contribution in [0.4, 0.5) is 0 Å². The highest BCUT2D eigenvalue weighted by Gasteiger charge is 2.37. The third kappa shape index (κ3) is 2.26.